The van der Waals surface area contributed by atoms with Crippen molar-refractivity contribution >= 4 is 5.69 Å². The molecule has 1 aromatic heterocycles. The molecule has 0 fully saturated rings. The Morgan fingerprint density at radius 3 is 2.72 bits per heavy atom. The molecule has 0 radical (unpaired) electrons. The Morgan fingerprint density at radius 1 is 1.33 bits per heavy atom. The zero-order chi connectivity index (χ0) is 13.3. The predicted molar refractivity (Wildman–Crippen MR) is 62.9 cm³/mol. The summed E-state index contributed by atoms with van der Waals surface area (Å²) in [5, 5.41) is 3.70. The molecule has 0 bridgehead atoms. The van der Waals surface area contributed by atoms with E-state index in [1.54, 1.807) is 18.2 Å². The predicted octanol–water partition coefficient (Wildman–Crippen LogP) is 3.00. The van der Waals surface area contributed by atoms with E-state index in [0.717, 1.165) is 15.8 Å². The lowest BCUT2D eigenvalue weighted by atomic mass is 10.0. The lowest BCUT2D eigenvalue weighted by Gasteiger charge is -2.06. The summed E-state index contributed by atoms with van der Waals surface area (Å²) < 4.78 is 37.5. The van der Waals surface area contributed by atoms with Gasteiger partial charge in [-0.3, -0.25) is 4.68 Å². The summed E-state index contributed by atoms with van der Waals surface area (Å²) in [6.45, 7) is 0.736. The first-order chi connectivity index (χ1) is 8.37. The Bertz CT molecular complexity index is 558. The number of hydrogen-bond acceptors (Lipinski definition) is 2. The smallest absolute Gasteiger partial charge is 0.398 e. The zero-order valence-electron chi connectivity index (χ0n) is 9.70. The van der Waals surface area contributed by atoms with Crippen LogP contribution in [0.2, 0.25) is 0 Å². The third-order valence-electron chi connectivity index (χ3n) is 2.66. The number of nitrogens with zero attached hydrogens (tertiary/aromatic N) is 2. The summed E-state index contributed by atoms with van der Waals surface area (Å²) in [5.41, 5.74) is 8.63. The summed E-state index contributed by atoms with van der Waals surface area (Å²) >= 11 is 0. The van der Waals surface area contributed by atoms with E-state index in [1.807, 2.05) is 6.92 Å². The van der Waals surface area contributed by atoms with Gasteiger partial charge in [0.15, 0.2) is 0 Å². The van der Waals surface area contributed by atoms with Gasteiger partial charge in [-0.05, 0) is 24.1 Å². The van der Waals surface area contributed by atoms with Crippen molar-refractivity contribution < 1.29 is 13.2 Å². The van der Waals surface area contributed by atoms with Crippen molar-refractivity contribution in [3.63, 3.8) is 0 Å². The molecule has 0 aliphatic rings. The summed E-state index contributed by atoms with van der Waals surface area (Å²) in [7, 11) is 0. The third kappa shape index (κ3) is 2.64. The highest BCUT2D eigenvalue weighted by Gasteiger charge is 2.28. The van der Waals surface area contributed by atoms with Gasteiger partial charge in [0.2, 0.25) is 0 Å². The second-order valence-electron chi connectivity index (χ2n) is 4.06. The molecular weight excluding hydrogens is 243 g/mol. The average molecular weight is 255 g/mol. The van der Waals surface area contributed by atoms with Crippen LogP contribution in [-0.4, -0.2) is 16.0 Å². The van der Waals surface area contributed by atoms with Gasteiger partial charge in [0.1, 0.15) is 6.54 Å². The Kier molecular flexibility index (Phi) is 3.02. The summed E-state index contributed by atoms with van der Waals surface area (Å²) in [6, 6.07) is 5.32. The van der Waals surface area contributed by atoms with Crippen molar-refractivity contribution in [2.75, 3.05) is 5.73 Å². The minimum atomic E-state index is -4.27. The van der Waals surface area contributed by atoms with E-state index in [0.29, 0.717) is 11.3 Å². The van der Waals surface area contributed by atoms with Gasteiger partial charge in [-0.1, -0.05) is 12.1 Å². The van der Waals surface area contributed by atoms with Gasteiger partial charge < -0.3 is 5.73 Å². The second kappa shape index (κ2) is 4.36. The Morgan fingerprint density at radius 2 is 2.06 bits per heavy atom. The monoisotopic (exact) mass is 255 g/mol. The first-order valence-electron chi connectivity index (χ1n) is 5.31. The van der Waals surface area contributed by atoms with Crippen LogP contribution in [0.5, 0.6) is 0 Å². The molecule has 0 saturated heterocycles. The lowest BCUT2D eigenvalue weighted by molar-refractivity contribution is -0.142. The molecule has 0 amide bonds. The van der Waals surface area contributed by atoms with Crippen LogP contribution in [0.25, 0.3) is 11.1 Å². The molecule has 0 atom stereocenters. The Labute approximate surface area is 102 Å². The van der Waals surface area contributed by atoms with Crippen molar-refractivity contribution in [3.8, 4) is 11.1 Å². The summed E-state index contributed by atoms with van der Waals surface area (Å²) in [4.78, 5) is 0. The van der Waals surface area contributed by atoms with E-state index in [-0.39, 0.29) is 0 Å². The largest absolute Gasteiger partial charge is 0.408 e. The average Bonchev–Trinajstić information content (AvgIpc) is 2.68. The zero-order valence-corrected chi connectivity index (χ0v) is 9.70. The molecule has 1 aromatic carbocycles. The van der Waals surface area contributed by atoms with Crippen LogP contribution in [0.15, 0.2) is 30.6 Å². The number of anilines is 1. The second-order valence-corrected chi connectivity index (χ2v) is 4.06. The summed E-state index contributed by atoms with van der Waals surface area (Å²) in [5.74, 6) is 0. The molecule has 0 aliphatic carbocycles. The molecule has 6 heteroatoms. The van der Waals surface area contributed by atoms with Crippen LogP contribution in [0.4, 0.5) is 18.9 Å². The van der Waals surface area contributed by atoms with Gasteiger partial charge in [-0.25, -0.2) is 0 Å². The molecule has 0 unspecified atom stereocenters. The van der Waals surface area contributed by atoms with E-state index < -0.39 is 12.7 Å². The van der Waals surface area contributed by atoms with Gasteiger partial charge in [0, 0.05) is 17.4 Å². The minimum absolute atomic E-state index is 0.607. The van der Waals surface area contributed by atoms with Crippen molar-refractivity contribution in [2.45, 2.75) is 19.6 Å². The Hall–Kier alpha value is -1.98. The van der Waals surface area contributed by atoms with E-state index in [1.165, 1.54) is 12.4 Å². The van der Waals surface area contributed by atoms with Crippen molar-refractivity contribution in [1.82, 2.24) is 9.78 Å². The highest BCUT2D eigenvalue weighted by atomic mass is 19.4. The SMILES string of the molecule is Cc1c(N)cccc1-c1cnn(CC(F)(F)F)c1. The number of alkyl halides is 3. The number of benzene rings is 1. The van der Waals surface area contributed by atoms with Gasteiger partial charge >= 0.3 is 6.18 Å². The molecule has 18 heavy (non-hydrogen) atoms. The fourth-order valence-corrected chi connectivity index (χ4v) is 1.74. The molecule has 0 spiro atoms. The summed E-state index contributed by atoms with van der Waals surface area (Å²) in [6.07, 6.45) is -1.49. The van der Waals surface area contributed by atoms with Gasteiger partial charge in [0.05, 0.1) is 6.20 Å². The number of nitrogen functional groups attached to an aromatic ring is 1. The molecule has 1 heterocycles. The van der Waals surface area contributed by atoms with Crippen molar-refractivity contribution in [2.24, 2.45) is 0 Å². The molecule has 3 nitrogen and oxygen atoms in total. The highest BCUT2D eigenvalue weighted by Crippen LogP contribution is 2.27. The molecule has 0 aliphatic heterocycles. The van der Waals surface area contributed by atoms with Crippen LogP contribution in [-0.2, 0) is 6.54 Å². The fraction of sp³-hybridized carbons (Fsp3) is 0.250. The molecule has 2 aromatic rings. The van der Waals surface area contributed by atoms with Crippen LogP contribution in [0.1, 0.15) is 5.56 Å². The molecular formula is C12H12F3N3. The standard InChI is InChI=1S/C12H12F3N3/c1-8-10(3-2-4-11(8)16)9-5-17-18(6-9)7-12(13,14)15/h2-6H,7,16H2,1H3. The third-order valence-corrected chi connectivity index (χ3v) is 2.66. The molecule has 96 valence electrons. The lowest BCUT2D eigenvalue weighted by Crippen LogP contribution is -2.17. The number of rotatable bonds is 2. The van der Waals surface area contributed by atoms with Crippen LogP contribution >= 0.6 is 0 Å². The van der Waals surface area contributed by atoms with Crippen LogP contribution in [0, 0.1) is 6.92 Å². The maximum Gasteiger partial charge on any atom is 0.408 e. The maximum absolute atomic E-state index is 12.2. The minimum Gasteiger partial charge on any atom is -0.398 e. The highest BCUT2D eigenvalue weighted by molar-refractivity contribution is 5.71. The fourth-order valence-electron chi connectivity index (χ4n) is 1.74. The first kappa shape index (κ1) is 12.5. The number of aromatic nitrogens is 2. The quantitative estimate of drug-likeness (QED) is 0.838. The molecule has 2 N–H and O–H groups in total. The van der Waals surface area contributed by atoms with Crippen molar-refractivity contribution in [3.05, 3.63) is 36.2 Å². The van der Waals surface area contributed by atoms with Crippen LogP contribution < -0.4 is 5.73 Å². The maximum atomic E-state index is 12.2. The molecule has 2 rings (SSSR count). The first-order valence-corrected chi connectivity index (χ1v) is 5.31. The Balaban J connectivity index is 2.33. The van der Waals surface area contributed by atoms with E-state index in [2.05, 4.69) is 5.10 Å². The van der Waals surface area contributed by atoms with Gasteiger partial charge in [-0.2, -0.15) is 18.3 Å². The number of halogens is 3. The van der Waals surface area contributed by atoms with E-state index >= 15 is 0 Å². The van der Waals surface area contributed by atoms with E-state index in [4.69, 9.17) is 5.73 Å². The molecule has 0 saturated carbocycles. The normalized spacial score (nSPS) is 11.8. The number of nitrogens with two attached hydrogens (primary N) is 1. The van der Waals surface area contributed by atoms with Gasteiger partial charge in [-0.15, -0.1) is 0 Å². The topological polar surface area (TPSA) is 43.8 Å². The van der Waals surface area contributed by atoms with Gasteiger partial charge in [0.25, 0.3) is 0 Å². The van der Waals surface area contributed by atoms with E-state index in [9.17, 15) is 13.2 Å². The van der Waals surface area contributed by atoms with Crippen LogP contribution in [0.3, 0.4) is 0 Å². The van der Waals surface area contributed by atoms with Crippen molar-refractivity contribution in [1.29, 1.82) is 0 Å². The number of hydrogen-bond donors (Lipinski definition) is 1.